The number of hydrogen-bond acceptors (Lipinski definition) is 4. The van der Waals surface area contributed by atoms with Gasteiger partial charge in [-0.2, -0.15) is 0 Å². The third-order valence-electron chi connectivity index (χ3n) is 5.66. The number of hydrogen-bond donors (Lipinski definition) is 2. The van der Waals surface area contributed by atoms with Crippen LogP contribution in [0.5, 0.6) is 0 Å². The highest BCUT2D eigenvalue weighted by Gasteiger charge is 2.42. The molecule has 31 heavy (non-hydrogen) atoms. The van der Waals surface area contributed by atoms with Gasteiger partial charge in [0.25, 0.3) is 0 Å². The molecular formula is C24H33ClN3O2S+. The molecule has 1 saturated heterocycles. The minimum absolute atomic E-state index is 0.00337. The van der Waals surface area contributed by atoms with E-state index in [2.05, 4.69) is 16.2 Å². The van der Waals surface area contributed by atoms with Gasteiger partial charge in [-0.25, -0.2) is 9.78 Å². The van der Waals surface area contributed by atoms with E-state index in [9.17, 15) is 9.59 Å². The van der Waals surface area contributed by atoms with Gasteiger partial charge >= 0.3 is 5.91 Å². The average molecular weight is 463 g/mol. The Morgan fingerprint density at radius 2 is 2.26 bits per heavy atom. The van der Waals surface area contributed by atoms with E-state index < -0.39 is 6.04 Å². The maximum absolute atomic E-state index is 13.4. The van der Waals surface area contributed by atoms with Crippen LogP contribution in [0.3, 0.4) is 0 Å². The molecule has 0 spiro atoms. The molecule has 0 aromatic carbocycles. The Morgan fingerprint density at radius 3 is 2.87 bits per heavy atom. The quantitative estimate of drug-likeness (QED) is 0.316. The molecule has 7 heteroatoms. The van der Waals surface area contributed by atoms with Crippen LogP contribution < -0.4 is 10.2 Å². The fourth-order valence-corrected chi connectivity index (χ4v) is 4.81. The van der Waals surface area contributed by atoms with Gasteiger partial charge in [0.15, 0.2) is 5.01 Å². The molecule has 0 radical (unpaired) electrons. The smallest absolute Gasteiger partial charge is 0.335 e. The molecule has 0 bridgehead atoms. The lowest BCUT2D eigenvalue weighted by Crippen LogP contribution is -3.14. The number of terminal acetylenes is 1. The maximum atomic E-state index is 13.4. The number of aromatic nitrogens is 1. The molecule has 2 amide bonds. The van der Waals surface area contributed by atoms with Gasteiger partial charge in [0.1, 0.15) is 12.1 Å². The molecule has 3 atom stereocenters. The highest BCUT2D eigenvalue weighted by molar-refractivity contribution is 7.09. The Hall–Kier alpha value is -1.94. The fourth-order valence-electron chi connectivity index (χ4n) is 3.80. The summed E-state index contributed by atoms with van der Waals surface area (Å²) in [5.41, 5.74) is 3.18. The molecule has 0 saturated carbocycles. The van der Waals surface area contributed by atoms with Gasteiger partial charge in [0.2, 0.25) is 5.91 Å². The van der Waals surface area contributed by atoms with Crippen molar-refractivity contribution in [1.82, 2.24) is 10.3 Å². The van der Waals surface area contributed by atoms with E-state index in [1.807, 2.05) is 25.3 Å². The van der Waals surface area contributed by atoms with Crippen molar-refractivity contribution in [1.29, 1.82) is 0 Å². The van der Waals surface area contributed by atoms with Crippen molar-refractivity contribution in [3.63, 3.8) is 0 Å². The summed E-state index contributed by atoms with van der Waals surface area (Å²) in [5, 5.41) is 5.92. The number of nitrogens with one attached hydrogen (secondary N) is 2. The third kappa shape index (κ3) is 7.31. The number of thiazole rings is 1. The summed E-state index contributed by atoms with van der Waals surface area (Å²) < 4.78 is 0. The lowest BCUT2D eigenvalue weighted by Gasteiger charge is -2.26. The van der Waals surface area contributed by atoms with E-state index in [0.717, 1.165) is 47.7 Å². The number of rotatable bonds is 10. The third-order valence-corrected chi connectivity index (χ3v) is 6.86. The van der Waals surface area contributed by atoms with E-state index in [1.165, 1.54) is 0 Å². The molecule has 1 fully saturated rings. The standard InChI is InChI=1S/C24H32ClN3O2S/c1-5-6-7-9-19(16-25)12-11-18(4)22(29)27-21(17(2)3)24(30)28-14-8-10-20(28)23-26-13-15-31-23/h1,11,13,15-17,20-21H,6-10,12,14H2,2-4H3,(H,27,29)/p+1/b18-11+,19-16-. The first-order valence-electron chi connectivity index (χ1n) is 10.9. The van der Waals surface area contributed by atoms with Crippen LogP contribution in [-0.2, 0) is 9.59 Å². The second-order valence-electron chi connectivity index (χ2n) is 8.32. The lowest BCUT2D eigenvalue weighted by molar-refractivity contribution is -0.840. The van der Waals surface area contributed by atoms with Gasteiger partial charge in [-0.3, -0.25) is 9.69 Å². The Bertz CT molecular complexity index is 840. The summed E-state index contributed by atoms with van der Waals surface area (Å²) in [5.74, 6) is 2.45. The predicted octanol–water partition coefficient (Wildman–Crippen LogP) is 3.79. The monoisotopic (exact) mass is 462 g/mol. The summed E-state index contributed by atoms with van der Waals surface area (Å²) in [6.07, 6.45) is 13.8. The Labute approximate surface area is 195 Å². The van der Waals surface area contributed by atoms with Crippen LogP contribution in [0, 0.1) is 18.3 Å². The maximum Gasteiger partial charge on any atom is 0.335 e. The van der Waals surface area contributed by atoms with E-state index in [0.29, 0.717) is 18.4 Å². The zero-order valence-corrected chi connectivity index (χ0v) is 20.2. The van der Waals surface area contributed by atoms with Crippen LogP contribution in [0.25, 0.3) is 0 Å². The molecule has 3 unspecified atom stereocenters. The minimum Gasteiger partial charge on any atom is -0.337 e. The van der Waals surface area contributed by atoms with Crippen LogP contribution >= 0.6 is 22.9 Å². The average Bonchev–Trinajstić information content (AvgIpc) is 3.44. The number of carbonyl (C=O) groups is 2. The SMILES string of the molecule is C#CCCC/C(=C/Cl)C/C=C(\C)C(=O)NC(C(=O)[NH+]1CCCC1c1nccs1)C(C)C. The molecule has 1 aromatic heterocycles. The van der Waals surface area contributed by atoms with Gasteiger partial charge in [-0.15, -0.1) is 23.7 Å². The molecule has 2 heterocycles. The second-order valence-corrected chi connectivity index (χ2v) is 9.46. The van der Waals surface area contributed by atoms with Crippen molar-refractivity contribution >= 4 is 34.8 Å². The first-order valence-corrected chi connectivity index (χ1v) is 12.2. The molecule has 168 valence electrons. The summed E-state index contributed by atoms with van der Waals surface area (Å²) >= 11 is 7.50. The number of halogens is 1. The van der Waals surface area contributed by atoms with Crippen LogP contribution in [0.15, 0.2) is 34.3 Å². The highest BCUT2D eigenvalue weighted by atomic mass is 35.5. The predicted molar refractivity (Wildman–Crippen MR) is 127 cm³/mol. The molecular weight excluding hydrogens is 430 g/mol. The van der Waals surface area contributed by atoms with E-state index in [1.54, 1.807) is 30.0 Å². The first-order chi connectivity index (χ1) is 14.9. The lowest BCUT2D eigenvalue weighted by atomic mass is 10.0. The van der Waals surface area contributed by atoms with Crippen LogP contribution in [0.4, 0.5) is 0 Å². The number of carbonyl (C=O) groups excluding carboxylic acids is 2. The summed E-state index contributed by atoms with van der Waals surface area (Å²) in [6, 6.07) is -0.452. The van der Waals surface area contributed by atoms with Gasteiger partial charge in [-0.05, 0) is 32.1 Å². The van der Waals surface area contributed by atoms with Crippen LogP contribution in [0.1, 0.15) is 70.3 Å². The van der Waals surface area contributed by atoms with Crippen molar-refractivity contribution < 1.29 is 14.5 Å². The van der Waals surface area contributed by atoms with Crippen LogP contribution in [0.2, 0.25) is 0 Å². The normalized spacial score (nSPS) is 20.5. The number of likely N-dealkylation sites (tertiary alicyclic amines) is 1. The molecule has 5 nitrogen and oxygen atoms in total. The Morgan fingerprint density at radius 1 is 1.48 bits per heavy atom. The summed E-state index contributed by atoms with van der Waals surface area (Å²) in [6.45, 7) is 6.48. The minimum atomic E-state index is -0.537. The van der Waals surface area contributed by atoms with Gasteiger partial charge in [0, 0.05) is 41.9 Å². The van der Waals surface area contributed by atoms with E-state index in [4.69, 9.17) is 18.0 Å². The summed E-state index contributed by atoms with van der Waals surface area (Å²) in [7, 11) is 0. The number of quaternary nitrogens is 1. The Kier molecular flexibility index (Phi) is 10.5. The van der Waals surface area contributed by atoms with Gasteiger partial charge < -0.3 is 5.32 Å². The topological polar surface area (TPSA) is 63.5 Å². The number of unbranched alkanes of at least 4 members (excludes halogenated alkanes) is 1. The van der Waals surface area contributed by atoms with Crippen molar-refractivity contribution in [3.8, 4) is 12.3 Å². The molecule has 2 rings (SSSR count). The molecule has 1 aliphatic heterocycles. The highest BCUT2D eigenvalue weighted by Crippen LogP contribution is 2.21. The molecule has 0 aliphatic carbocycles. The number of nitrogens with zero attached hydrogens (tertiary/aromatic N) is 1. The van der Waals surface area contributed by atoms with Crippen molar-refractivity contribution in [2.45, 2.75) is 71.4 Å². The molecule has 2 N–H and O–H groups in total. The number of amides is 2. The summed E-state index contributed by atoms with van der Waals surface area (Å²) in [4.78, 5) is 31.5. The largest absolute Gasteiger partial charge is 0.337 e. The van der Waals surface area contributed by atoms with Gasteiger partial charge in [0.05, 0.1) is 6.54 Å². The first kappa shape index (κ1) is 25.3. The van der Waals surface area contributed by atoms with E-state index in [-0.39, 0.29) is 23.8 Å². The van der Waals surface area contributed by atoms with Crippen molar-refractivity contribution in [3.05, 3.63) is 39.3 Å². The fraction of sp³-hybridized carbons (Fsp3) is 0.542. The van der Waals surface area contributed by atoms with Crippen molar-refractivity contribution in [2.75, 3.05) is 6.54 Å². The van der Waals surface area contributed by atoms with E-state index >= 15 is 0 Å². The number of allylic oxidation sites excluding steroid dienone is 2. The van der Waals surface area contributed by atoms with Gasteiger partial charge in [-0.1, -0.05) is 37.1 Å². The van der Waals surface area contributed by atoms with Crippen LogP contribution in [-0.4, -0.2) is 29.4 Å². The van der Waals surface area contributed by atoms with Crippen molar-refractivity contribution in [2.24, 2.45) is 5.92 Å². The zero-order valence-electron chi connectivity index (χ0n) is 18.6. The zero-order chi connectivity index (χ0) is 22.8. The second kappa shape index (κ2) is 12.8. The molecule has 1 aromatic rings. The Balaban J connectivity index is 2.02. The molecule has 1 aliphatic rings.